The number of anilines is 1. The van der Waals surface area contributed by atoms with Gasteiger partial charge in [-0.15, -0.1) is 6.42 Å². The average Bonchev–Trinajstić information content (AvgIpc) is 2.96. The molecule has 1 saturated heterocycles. The van der Waals surface area contributed by atoms with Crippen LogP contribution in [0.5, 0.6) is 0 Å². The number of benzene rings is 1. The van der Waals surface area contributed by atoms with Crippen LogP contribution in [0.4, 0.5) is 5.69 Å². The standard InChI is InChI=1S/C16H18N4O/c1-2-7-20-8-5-12(6-9-20)16(21)18-14-3-4-15-13(10-14)11-17-19-15/h1,3-4,10-12H,5-9H2,(H,17,19)(H,18,21). The summed E-state index contributed by atoms with van der Waals surface area (Å²) in [5.74, 6) is 2.82. The lowest BCUT2D eigenvalue weighted by Gasteiger charge is -2.29. The number of hydrogen-bond acceptors (Lipinski definition) is 3. The van der Waals surface area contributed by atoms with Crippen molar-refractivity contribution in [3.8, 4) is 12.3 Å². The van der Waals surface area contributed by atoms with E-state index in [0.717, 1.165) is 42.5 Å². The maximum Gasteiger partial charge on any atom is 0.227 e. The minimum absolute atomic E-state index is 0.0686. The number of piperidine rings is 1. The van der Waals surface area contributed by atoms with Gasteiger partial charge in [0, 0.05) is 17.0 Å². The molecule has 1 aromatic heterocycles. The predicted molar refractivity (Wildman–Crippen MR) is 82.7 cm³/mol. The molecule has 2 heterocycles. The van der Waals surface area contributed by atoms with Gasteiger partial charge in [0.05, 0.1) is 18.3 Å². The highest BCUT2D eigenvalue weighted by Gasteiger charge is 2.24. The number of rotatable bonds is 3. The Morgan fingerprint density at radius 2 is 2.29 bits per heavy atom. The van der Waals surface area contributed by atoms with Crippen LogP contribution < -0.4 is 5.32 Å². The summed E-state index contributed by atoms with van der Waals surface area (Å²) in [6, 6.07) is 5.75. The van der Waals surface area contributed by atoms with Crippen LogP contribution in [0.1, 0.15) is 12.8 Å². The van der Waals surface area contributed by atoms with Crippen LogP contribution in [0.3, 0.4) is 0 Å². The quantitative estimate of drug-likeness (QED) is 0.845. The van der Waals surface area contributed by atoms with Crippen molar-refractivity contribution >= 4 is 22.5 Å². The van der Waals surface area contributed by atoms with Crippen LogP contribution in [0.25, 0.3) is 10.9 Å². The summed E-state index contributed by atoms with van der Waals surface area (Å²) < 4.78 is 0. The first-order valence-corrected chi connectivity index (χ1v) is 7.16. The molecule has 0 radical (unpaired) electrons. The fraction of sp³-hybridized carbons (Fsp3) is 0.375. The molecular formula is C16H18N4O. The number of hydrogen-bond donors (Lipinski definition) is 2. The van der Waals surface area contributed by atoms with E-state index in [1.54, 1.807) is 6.20 Å². The second kappa shape index (κ2) is 5.98. The molecule has 0 saturated carbocycles. The Labute approximate surface area is 123 Å². The smallest absolute Gasteiger partial charge is 0.227 e. The molecule has 1 aliphatic rings. The van der Waals surface area contributed by atoms with Crippen LogP contribution in [-0.4, -0.2) is 40.6 Å². The first-order chi connectivity index (χ1) is 10.3. The van der Waals surface area contributed by atoms with Crippen LogP contribution in [0.15, 0.2) is 24.4 Å². The number of nitrogens with one attached hydrogen (secondary N) is 2. The zero-order chi connectivity index (χ0) is 14.7. The number of aromatic amines is 1. The van der Waals surface area contributed by atoms with Gasteiger partial charge in [-0.05, 0) is 44.1 Å². The van der Waals surface area contributed by atoms with Gasteiger partial charge in [-0.25, -0.2) is 0 Å². The second-order valence-electron chi connectivity index (χ2n) is 5.42. The van der Waals surface area contributed by atoms with E-state index < -0.39 is 0 Å². The average molecular weight is 282 g/mol. The molecule has 1 amide bonds. The summed E-state index contributed by atoms with van der Waals surface area (Å²) in [6.07, 6.45) is 8.79. The Bertz CT molecular complexity index is 677. The molecule has 1 aromatic carbocycles. The lowest BCUT2D eigenvalue weighted by atomic mass is 9.96. The van der Waals surface area contributed by atoms with Crippen molar-refractivity contribution in [2.24, 2.45) is 5.92 Å². The van der Waals surface area contributed by atoms with Crippen LogP contribution in [-0.2, 0) is 4.79 Å². The molecule has 0 bridgehead atoms. The Morgan fingerprint density at radius 1 is 1.48 bits per heavy atom. The molecule has 21 heavy (non-hydrogen) atoms. The van der Waals surface area contributed by atoms with Gasteiger partial charge < -0.3 is 5.32 Å². The zero-order valence-electron chi connectivity index (χ0n) is 11.8. The van der Waals surface area contributed by atoms with Gasteiger partial charge in [0.15, 0.2) is 0 Å². The second-order valence-corrected chi connectivity index (χ2v) is 5.42. The lowest BCUT2D eigenvalue weighted by molar-refractivity contribution is -0.121. The lowest BCUT2D eigenvalue weighted by Crippen LogP contribution is -2.38. The third-order valence-electron chi connectivity index (χ3n) is 3.98. The molecule has 5 nitrogen and oxygen atoms in total. The number of likely N-dealkylation sites (tertiary alicyclic amines) is 1. The molecule has 5 heteroatoms. The van der Waals surface area contributed by atoms with E-state index in [9.17, 15) is 4.79 Å². The molecule has 3 rings (SSSR count). The topological polar surface area (TPSA) is 61.0 Å². The minimum atomic E-state index is 0.0686. The number of aromatic nitrogens is 2. The third-order valence-corrected chi connectivity index (χ3v) is 3.98. The van der Waals surface area contributed by atoms with E-state index in [4.69, 9.17) is 6.42 Å². The molecular weight excluding hydrogens is 264 g/mol. The minimum Gasteiger partial charge on any atom is -0.326 e. The Balaban J connectivity index is 1.60. The van der Waals surface area contributed by atoms with Crippen LogP contribution >= 0.6 is 0 Å². The molecule has 0 atom stereocenters. The first kappa shape index (κ1) is 13.7. The zero-order valence-corrected chi connectivity index (χ0v) is 11.8. The normalized spacial score (nSPS) is 16.7. The summed E-state index contributed by atoms with van der Waals surface area (Å²) in [6.45, 7) is 2.46. The Morgan fingerprint density at radius 3 is 3.05 bits per heavy atom. The predicted octanol–water partition coefficient (Wildman–Crippen LogP) is 1.85. The fourth-order valence-electron chi connectivity index (χ4n) is 2.75. The van der Waals surface area contributed by atoms with Gasteiger partial charge in [-0.3, -0.25) is 14.8 Å². The van der Waals surface area contributed by atoms with Gasteiger partial charge in [-0.2, -0.15) is 5.10 Å². The van der Waals surface area contributed by atoms with E-state index in [0.29, 0.717) is 6.54 Å². The highest BCUT2D eigenvalue weighted by Crippen LogP contribution is 2.21. The summed E-state index contributed by atoms with van der Waals surface area (Å²) in [7, 11) is 0. The summed E-state index contributed by atoms with van der Waals surface area (Å²) in [5.41, 5.74) is 1.79. The molecule has 2 N–H and O–H groups in total. The number of carbonyl (C=O) groups excluding carboxylic acids is 1. The molecule has 0 unspecified atom stereocenters. The number of terminal acetylenes is 1. The van der Waals surface area contributed by atoms with Crippen molar-refractivity contribution in [1.82, 2.24) is 15.1 Å². The number of nitrogens with zero attached hydrogens (tertiary/aromatic N) is 2. The van der Waals surface area contributed by atoms with Crippen molar-refractivity contribution in [3.05, 3.63) is 24.4 Å². The summed E-state index contributed by atoms with van der Waals surface area (Å²) in [5, 5.41) is 10.9. The highest BCUT2D eigenvalue weighted by atomic mass is 16.1. The molecule has 2 aromatic rings. The van der Waals surface area contributed by atoms with Crippen molar-refractivity contribution in [3.63, 3.8) is 0 Å². The maximum atomic E-state index is 12.3. The van der Waals surface area contributed by atoms with Crippen molar-refractivity contribution in [2.75, 3.05) is 25.0 Å². The van der Waals surface area contributed by atoms with Crippen LogP contribution in [0, 0.1) is 18.3 Å². The number of amides is 1. The van der Waals surface area contributed by atoms with Crippen LogP contribution in [0.2, 0.25) is 0 Å². The molecule has 1 aliphatic heterocycles. The highest BCUT2D eigenvalue weighted by molar-refractivity contribution is 5.94. The maximum absolute atomic E-state index is 12.3. The van der Waals surface area contributed by atoms with Gasteiger partial charge in [0.1, 0.15) is 0 Å². The van der Waals surface area contributed by atoms with Gasteiger partial charge in [0.25, 0.3) is 0 Å². The molecule has 0 spiro atoms. The summed E-state index contributed by atoms with van der Waals surface area (Å²) >= 11 is 0. The van der Waals surface area contributed by atoms with E-state index in [-0.39, 0.29) is 11.8 Å². The third kappa shape index (κ3) is 3.06. The molecule has 1 fully saturated rings. The van der Waals surface area contributed by atoms with Crippen molar-refractivity contribution in [2.45, 2.75) is 12.8 Å². The Hall–Kier alpha value is -2.32. The van der Waals surface area contributed by atoms with Gasteiger partial charge in [0.2, 0.25) is 5.91 Å². The van der Waals surface area contributed by atoms with E-state index >= 15 is 0 Å². The largest absolute Gasteiger partial charge is 0.326 e. The van der Waals surface area contributed by atoms with Crippen molar-refractivity contribution in [1.29, 1.82) is 0 Å². The molecule has 0 aliphatic carbocycles. The SMILES string of the molecule is C#CCN1CCC(C(=O)Nc2ccc3[nH]ncc3c2)CC1. The number of carbonyl (C=O) groups is 1. The van der Waals surface area contributed by atoms with E-state index in [1.165, 1.54) is 0 Å². The number of fused-ring (bicyclic) bond motifs is 1. The Kier molecular flexibility index (Phi) is 3.89. The van der Waals surface area contributed by atoms with E-state index in [2.05, 4.69) is 26.3 Å². The monoisotopic (exact) mass is 282 g/mol. The van der Waals surface area contributed by atoms with Gasteiger partial charge >= 0.3 is 0 Å². The molecule has 108 valence electrons. The number of H-pyrrole nitrogens is 1. The summed E-state index contributed by atoms with van der Waals surface area (Å²) in [4.78, 5) is 14.5. The van der Waals surface area contributed by atoms with Gasteiger partial charge in [-0.1, -0.05) is 5.92 Å². The first-order valence-electron chi connectivity index (χ1n) is 7.16. The van der Waals surface area contributed by atoms with Crippen molar-refractivity contribution < 1.29 is 4.79 Å². The fourth-order valence-corrected chi connectivity index (χ4v) is 2.75. The van der Waals surface area contributed by atoms with E-state index in [1.807, 2.05) is 18.2 Å².